The zero-order valence-corrected chi connectivity index (χ0v) is 21.1. The smallest absolute Gasteiger partial charge is 0.411 e. The third-order valence-corrected chi connectivity index (χ3v) is 5.71. The molecule has 1 amide bonds. The molecule has 0 spiro atoms. The number of amides is 1. The van der Waals surface area contributed by atoms with Gasteiger partial charge in [-0.1, -0.05) is 30.3 Å². The Morgan fingerprint density at radius 1 is 1.03 bits per heavy atom. The van der Waals surface area contributed by atoms with Gasteiger partial charge >= 0.3 is 12.1 Å². The number of rotatable bonds is 8. The van der Waals surface area contributed by atoms with Crippen molar-refractivity contribution in [1.82, 2.24) is 4.90 Å². The molecule has 1 aromatic carbocycles. The number of hydrogen-bond donors (Lipinski definition) is 1. The van der Waals surface area contributed by atoms with Gasteiger partial charge in [-0.25, -0.2) is 9.59 Å². The third-order valence-electron chi connectivity index (χ3n) is 4.54. The summed E-state index contributed by atoms with van der Waals surface area (Å²) in [4.78, 5) is 26.1. The van der Waals surface area contributed by atoms with Crippen molar-refractivity contribution in [2.24, 2.45) is 0 Å². The number of carboxylic acid groups (broad SMARTS) is 1. The fraction of sp³-hybridized carbons (Fsp3) is 0.524. The van der Waals surface area contributed by atoms with Crippen LogP contribution >= 0.6 is 0 Å². The van der Waals surface area contributed by atoms with Gasteiger partial charge in [0, 0.05) is 18.5 Å². The summed E-state index contributed by atoms with van der Waals surface area (Å²) in [5.74, 6) is -1.38. The number of nitrogens with zero attached hydrogens (tertiary/aromatic N) is 1. The molecule has 2 rings (SSSR count). The number of hydrogen-bond acceptors (Lipinski definition) is 9. The Morgan fingerprint density at radius 2 is 1.59 bits per heavy atom. The van der Waals surface area contributed by atoms with Crippen LogP contribution in [0.25, 0.3) is 0 Å². The summed E-state index contributed by atoms with van der Waals surface area (Å²) in [6, 6.07) is 7.27. The van der Waals surface area contributed by atoms with Gasteiger partial charge in [0.05, 0.1) is 18.6 Å². The Kier molecular flexibility index (Phi) is 8.51. The maximum absolute atomic E-state index is 13.2. The normalized spacial score (nSPS) is 21.4. The third kappa shape index (κ3) is 8.70. The van der Waals surface area contributed by atoms with E-state index in [9.17, 15) is 31.5 Å². The van der Waals surface area contributed by atoms with Crippen LogP contribution in [0.15, 0.2) is 42.0 Å². The first-order chi connectivity index (χ1) is 15.5. The first kappa shape index (κ1) is 27.8. The monoisotopic (exact) mass is 519 g/mol. The average Bonchev–Trinajstić information content (AvgIpc) is 2.64. The number of carbonyl (C=O) groups excluding carboxylic acids is 1. The molecule has 1 aliphatic carbocycles. The van der Waals surface area contributed by atoms with E-state index in [0.717, 1.165) is 23.5 Å². The summed E-state index contributed by atoms with van der Waals surface area (Å²) in [6.45, 7) is 4.78. The van der Waals surface area contributed by atoms with Crippen LogP contribution in [0.2, 0.25) is 0 Å². The van der Waals surface area contributed by atoms with Gasteiger partial charge in [-0.05, 0) is 32.4 Å². The molecule has 0 aliphatic heterocycles. The molecule has 0 heterocycles. The molecule has 0 radical (unpaired) electrons. The number of carboxylic acids is 1. The lowest BCUT2D eigenvalue weighted by atomic mass is 9.89. The molecule has 3 atom stereocenters. The average molecular weight is 520 g/mol. The van der Waals surface area contributed by atoms with Crippen LogP contribution in [0.4, 0.5) is 4.79 Å². The maximum Gasteiger partial charge on any atom is 0.411 e. The van der Waals surface area contributed by atoms with Crippen LogP contribution in [0.3, 0.4) is 0 Å². The Labute approximate surface area is 199 Å². The van der Waals surface area contributed by atoms with E-state index in [1.807, 2.05) is 0 Å². The van der Waals surface area contributed by atoms with E-state index in [1.165, 1.54) is 0 Å². The van der Waals surface area contributed by atoms with Crippen LogP contribution in [0.1, 0.15) is 32.8 Å². The van der Waals surface area contributed by atoms with Crippen molar-refractivity contribution in [2.45, 2.75) is 57.6 Å². The Morgan fingerprint density at radius 3 is 2.06 bits per heavy atom. The van der Waals surface area contributed by atoms with Gasteiger partial charge in [-0.3, -0.25) is 13.3 Å². The van der Waals surface area contributed by atoms with Crippen LogP contribution in [-0.4, -0.2) is 75.3 Å². The molecule has 1 aromatic rings. The molecular formula is C21H29NO10S2. The zero-order valence-electron chi connectivity index (χ0n) is 19.5. The molecule has 1 N–H and O–H groups in total. The van der Waals surface area contributed by atoms with Gasteiger partial charge < -0.3 is 9.84 Å². The highest BCUT2D eigenvalue weighted by atomic mass is 32.2. The number of ether oxygens (including phenoxy) is 1. The molecule has 0 fully saturated rings. The van der Waals surface area contributed by atoms with Crippen molar-refractivity contribution in [3.05, 3.63) is 47.5 Å². The van der Waals surface area contributed by atoms with Crippen molar-refractivity contribution in [1.29, 1.82) is 0 Å². The number of aliphatic carboxylic acids is 1. The standard InChI is InChI=1S/C21H29NO10S2/c1-21(2,3)30-20(25)22(13-14-9-7-6-8-10-14)16-11-15(19(23)24)12-17(31-33(4,26)27)18(16)32-34(5,28)29/h6-11,16-18H,12-13H2,1-5H3,(H,23,24)/t16-,17-,18+/m1/s1. The van der Waals surface area contributed by atoms with Crippen molar-refractivity contribution >= 4 is 32.3 Å². The predicted octanol–water partition coefficient (Wildman–Crippen LogP) is 1.90. The van der Waals surface area contributed by atoms with Crippen LogP contribution in [0.5, 0.6) is 0 Å². The summed E-state index contributed by atoms with van der Waals surface area (Å²) in [5.41, 5.74) is -0.577. The summed E-state index contributed by atoms with van der Waals surface area (Å²) < 4.78 is 63.5. The van der Waals surface area contributed by atoms with Gasteiger partial charge in [0.1, 0.15) is 17.8 Å². The molecule has 11 nitrogen and oxygen atoms in total. The van der Waals surface area contributed by atoms with Crippen LogP contribution in [0, 0.1) is 0 Å². The van der Waals surface area contributed by atoms with Gasteiger partial charge in [-0.15, -0.1) is 0 Å². The lowest BCUT2D eigenvalue weighted by molar-refractivity contribution is -0.133. The van der Waals surface area contributed by atoms with Crippen LogP contribution < -0.4 is 0 Å². The fourth-order valence-corrected chi connectivity index (χ4v) is 4.64. The first-order valence-electron chi connectivity index (χ1n) is 10.2. The second-order valence-electron chi connectivity index (χ2n) is 8.89. The fourth-order valence-electron chi connectivity index (χ4n) is 3.37. The SMILES string of the molecule is CC(C)(C)OC(=O)N(Cc1ccccc1)[C@@H]1C=C(C(=O)O)C[C@@H](OS(C)(=O)=O)[C@H]1OS(C)(=O)=O. The van der Waals surface area contributed by atoms with Crippen molar-refractivity contribution in [2.75, 3.05) is 12.5 Å². The van der Waals surface area contributed by atoms with Crippen molar-refractivity contribution in [3.63, 3.8) is 0 Å². The minimum Gasteiger partial charge on any atom is -0.478 e. The van der Waals surface area contributed by atoms with E-state index in [4.69, 9.17) is 13.1 Å². The van der Waals surface area contributed by atoms with E-state index < -0.39 is 62.6 Å². The molecule has 0 bridgehead atoms. The molecular weight excluding hydrogens is 490 g/mol. The molecule has 0 saturated carbocycles. The van der Waals surface area contributed by atoms with Crippen molar-refractivity contribution < 1.29 is 44.6 Å². The van der Waals surface area contributed by atoms with E-state index in [-0.39, 0.29) is 12.1 Å². The highest BCUT2D eigenvalue weighted by Crippen LogP contribution is 2.31. The van der Waals surface area contributed by atoms with Gasteiger partial charge in [0.15, 0.2) is 0 Å². The highest BCUT2D eigenvalue weighted by Gasteiger charge is 2.45. The van der Waals surface area contributed by atoms with Crippen LogP contribution in [-0.2, 0) is 44.7 Å². The molecule has 0 unspecified atom stereocenters. The van der Waals surface area contributed by atoms with Gasteiger partial charge in [0.2, 0.25) is 0 Å². The molecule has 190 valence electrons. The second-order valence-corrected chi connectivity index (χ2v) is 12.1. The van der Waals surface area contributed by atoms with Gasteiger partial charge in [-0.2, -0.15) is 16.8 Å². The topological polar surface area (TPSA) is 154 Å². The second kappa shape index (κ2) is 10.4. The minimum atomic E-state index is -4.18. The Bertz CT molecular complexity index is 1140. The quantitative estimate of drug-likeness (QED) is 0.504. The molecule has 1 aliphatic rings. The maximum atomic E-state index is 13.2. The first-order valence-corrected chi connectivity index (χ1v) is 13.8. The summed E-state index contributed by atoms with van der Waals surface area (Å²) in [5, 5.41) is 9.62. The van der Waals surface area contributed by atoms with E-state index >= 15 is 0 Å². The summed E-state index contributed by atoms with van der Waals surface area (Å²) >= 11 is 0. The van der Waals surface area contributed by atoms with E-state index in [1.54, 1.807) is 51.1 Å². The summed E-state index contributed by atoms with van der Waals surface area (Å²) in [6.07, 6.45) is -1.79. The highest BCUT2D eigenvalue weighted by molar-refractivity contribution is 7.86. The number of carbonyl (C=O) groups is 2. The van der Waals surface area contributed by atoms with E-state index in [0.29, 0.717) is 5.56 Å². The Balaban J connectivity index is 2.66. The Hall–Kier alpha value is -2.48. The lowest BCUT2D eigenvalue weighted by Gasteiger charge is -2.40. The minimum absolute atomic E-state index is 0.112. The van der Waals surface area contributed by atoms with E-state index in [2.05, 4.69) is 0 Å². The zero-order chi connectivity index (χ0) is 25.9. The lowest BCUT2D eigenvalue weighted by Crippen LogP contribution is -2.55. The molecule has 13 heteroatoms. The molecule has 34 heavy (non-hydrogen) atoms. The largest absolute Gasteiger partial charge is 0.478 e. The number of benzene rings is 1. The molecule has 0 aromatic heterocycles. The predicted molar refractivity (Wildman–Crippen MR) is 122 cm³/mol. The summed E-state index contributed by atoms with van der Waals surface area (Å²) in [7, 11) is -8.33. The van der Waals surface area contributed by atoms with Gasteiger partial charge in [0.25, 0.3) is 20.2 Å². The molecule has 0 saturated heterocycles. The van der Waals surface area contributed by atoms with Crippen molar-refractivity contribution in [3.8, 4) is 0 Å².